The molecule has 0 amide bonds. The standard InChI is InChI=1S/C23H33FN6O2/c1-5-6-7-10-30-14-27-19-20(25-13-16-11-17(24)8-9-18(16)31)28-22(29-21(19)30)26-12-15(2)23(3,4)32/h8-9,11,14-15,31-32H,5-7,10,12-13H2,1-4H3,(H2,25,26,28,29). The molecule has 1 atom stereocenters. The molecule has 0 saturated carbocycles. The van der Waals surface area contributed by atoms with E-state index in [1.54, 1.807) is 20.2 Å². The van der Waals surface area contributed by atoms with Crippen molar-refractivity contribution in [1.29, 1.82) is 0 Å². The zero-order valence-electron chi connectivity index (χ0n) is 19.2. The highest BCUT2D eigenvalue weighted by Crippen LogP contribution is 2.25. The Morgan fingerprint density at radius 3 is 2.69 bits per heavy atom. The number of hydrogen-bond donors (Lipinski definition) is 4. The van der Waals surface area contributed by atoms with Gasteiger partial charge in [-0.3, -0.25) is 0 Å². The van der Waals surface area contributed by atoms with Gasteiger partial charge in [0.2, 0.25) is 5.95 Å². The maximum atomic E-state index is 13.6. The van der Waals surface area contributed by atoms with Gasteiger partial charge in [0.1, 0.15) is 11.6 Å². The summed E-state index contributed by atoms with van der Waals surface area (Å²) in [6, 6.07) is 3.83. The minimum atomic E-state index is -0.838. The van der Waals surface area contributed by atoms with Crippen LogP contribution in [0.25, 0.3) is 11.2 Å². The third kappa shape index (κ3) is 5.85. The number of nitrogens with one attached hydrogen (secondary N) is 2. The molecule has 0 fully saturated rings. The highest BCUT2D eigenvalue weighted by Gasteiger charge is 2.22. The van der Waals surface area contributed by atoms with E-state index < -0.39 is 11.4 Å². The number of aromatic nitrogens is 4. The van der Waals surface area contributed by atoms with Gasteiger partial charge in [-0.2, -0.15) is 9.97 Å². The summed E-state index contributed by atoms with van der Waals surface area (Å²) in [5.74, 6) is 0.460. The van der Waals surface area contributed by atoms with Gasteiger partial charge in [0.25, 0.3) is 0 Å². The molecule has 0 spiro atoms. The molecular weight excluding hydrogens is 411 g/mol. The van der Waals surface area contributed by atoms with Crippen LogP contribution in [-0.2, 0) is 13.1 Å². The van der Waals surface area contributed by atoms with E-state index in [0.29, 0.717) is 35.0 Å². The zero-order chi connectivity index (χ0) is 23.3. The number of aromatic hydroxyl groups is 1. The summed E-state index contributed by atoms with van der Waals surface area (Å²) in [7, 11) is 0. The number of unbranched alkanes of at least 4 members (excludes halogenated alkanes) is 2. The van der Waals surface area contributed by atoms with Crippen molar-refractivity contribution in [3.63, 3.8) is 0 Å². The number of aryl methyl sites for hydroxylation is 1. The van der Waals surface area contributed by atoms with E-state index >= 15 is 0 Å². The Kier molecular flexibility index (Phi) is 7.50. The lowest BCUT2D eigenvalue weighted by Crippen LogP contribution is -2.33. The first-order valence-corrected chi connectivity index (χ1v) is 11.1. The molecule has 4 N–H and O–H groups in total. The lowest BCUT2D eigenvalue weighted by molar-refractivity contribution is 0.0303. The monoisotopic (exact) mass is 444 g/mol. The van der Waals surface area contributed by atoms with Crippen LogP contribution in [0.1, 0.15) is 52.5 Å². The first-order valence-electron chi connectivity index (χ1n) is 11.1. The van der Waals surface area contributed by atoms with Gasteiger partial charge < -0.3 is 25.4 Å². The van der Waals surface area contributed by atoms with Crippen molar-refractivity contribution >= 4 is 22.9 Å². The van der Waals surface area contributed by atoms with Crippen molar-refractivity contribution in [3.05, 3.63) is 35.9 Å². The Labute approximate surface area is 187 Å². The van der Waals surface area contributed by atoms with Gasteiger partial charge in [0.15, 0.2) is 17.0 Å². The molecule has 0 aliphatic carbocycles. The van der Waals surface area contributed by atoms with Gasteiger partial charge in [0.05, 0.1) is 11.9 Å². The molecule has 1 aromatic carbocycles. The molecule has 8 nitrogen and oxygen atoms in total. The van der Waals surface area contributed by atoms with Gasteiger partial charge in [0, 0.05) is 31.1 Å². The molecular formula is C23H33FN6O2. The molecule has 0 saturated heterocycles. The molecule has 2 aromatic heterocycles. The number of anilines is 2. The topological polar surface area (TPSA) is 108 Å². The average molecular weight is 445 g/mol. The first kappa shape index (κ1) is 23.7. The average Bonchev–Trinajstić information content (AvgIpc) is 3.15. The molecule has 0 aliphatic rings. The lowest BCUT2D eigenvalue weighted by atomic mass is 9.93. The van der Waals surface area contributed by atoms with E-state index in [2.05, 4.69) is 32.5 Å². The van der Waals surface area contributed by atoms with Crippen LogP contribution in [0.4, 0.5) is 16.2 Å². The van der Waals surface area contributed by atoms with E-state index in [4.69, 9.17) is 0 Å². The van der Waals surface area contributed by atoms with E-state index in [-0.39, 0.29) is 18.2 Å². The minimum absolute atomic E-state index is 0.00615. The molecule has 174 valence electrons. The number of aliphatic hydroxyl groups is 1. The second-order valence-electron chi connectivity index (χ2n) is 8.78. The summed E-state index contributed by atoms with van der Waals surface area (Å²) in [6.07, 6.45) is 5.00. The molecule has 3 rings (SSSR count). The smallest absolute Gasteiger partial charge is 0.226 e. The quantitative estimate of drug-likeness (QED) is 0.327. The number of phenols is 1. The SMILES string of the molecule is CCCCCn1cnc2c(NCc3cc(F)ccc3O)nc(NCC(C)C(C)(C)O)nc21. The molecule has 2 heterocycles. The van der Waals surface area contributed by atoms with Crippen molar-refractivity contribution in [3.8, 4) is 5.75 Å². The Balaban J connectivity index is 1.89. The fourth-order valence-corrected chi connectivity index (χ4v) is 3.21. The summed E-state index contributed by atoms with van der Waals surface area (Å²) < 4.78 is 15.6. The molecule has 0 bridgehead atoms. The first-order chi connectivity index (χ1) is 15.2. The van der Waals surface area contributed by atoms with Crippen LogP contribution in [0.15, 0.2) is 24.5 Å². The Morgan fingerprint density at radius 1 is 1.19 bits per heavy atom. The van der Waals surface area contributed by atoms with E-state index in [1.165, 1.54) is 18.2 Å². The van der Waals surface area contributed by atoms with Crippen LogP contribution in [0.3, 0.4) is 0 Å². The Hall–Kier alpha value is -2.94. The molecule has 1 unspecified atom stereocenters. The van der Waals surface area contributed by atoms with Gasteiger partial charge in [-0.05, 0) is 38.5 Å². The van der Waals surface area contributed by atoms with E-state index in [9.17, 15) is 14.6 Å². The highest BCUT2D eigenvalue weighted by atomic mass is 19.1. The number of hydrogen-bond acceptors (Lipinski definition) is 7. The minimum Gasteiger partial charge on any atom is -0.508 e. The molecule has 0 radical (unpaired) electrons. The molecule has 32 heavy (non-hydrogen) atoms. The maximum absolute atomic E-state index is 13.6. The number of fused-ring (bicyclic) bond motifs is 1. The number of phenolic OH excluding ortho intramolecular Hbond substituents is 1. The number of rotatable bonds is 11. The molecule has 0 aliphatic heterocycles. The predicted molar refractivity (Wildman–Crippen MR) is 124 cm³/mol. The predicted octanol–water partition coefficient (Wildman–Crippen LogP) is 4.29. The summed E-state index contributed by atoms with van der Waals surface area (Å²) in [4.78, 5) is 13.7. The van der Waals surface area contributed by atoms with E-state index in [1.807, 2.05) is 11.5 Å². The van der Waals surface area contributed by atoms with Crippen LogP contribution in [-0.4, -0.2) is 41.9 Å². The number of benzene rings is 1. The second-order valence-corrected chi connectivity index (χ2v) is 8.78. The van der Waals surface area contributed by atoms with E-state index in [0.717, 1.165) is 25.8 Å². The van der Waals surface area contributed by atoms with Crippen molar-refractivity contribution < 1.29 is 14.6 Å². The summed E-state index contributed by atoms with van der Waals surface area (Å²) in [6.45, 7) is 9.11. The second kappa shape index (κ2) is 10.1. The largest absolute Gasteiger partial charge is 0.508 e. The number of nitrogens with zero attached hydrogens (tertiary/aromatic N) is 4. The highest BCUT2D eigenvalue weighted by molar-refractivity contribution is 5.84. The zero-order valence-corrected chi connectivity index (χ0v) is 19.2. The Bertz CT molecular complexity index is 1050. The molecule has 3 aromatic rings. The van der Waals surface area contributed by atoms with Crippen LogP contribution in [0, 0.1) is 11.7 Å². The van der Waals surface area contributed by atoms with Crippen LogP contribution in [0.2, 0.25) is 0 Å². The van der Waals surface area contributed by atoms with Crippen LogP contribution < -0.4 is 10.6 Å². The van der Waals surface area contributed by atoms with Crippen molar-refractivity contribution in [2.75, 3.05) is 17.2 Å². The third-order valence-electron chi connectivity index (χ3n) is 5.73. The fraction of sp³-hybridized carbons (Fsp3) is 0.522. The normalized spacial score (nSPS) is 12.8. The van der Waals surface area contributed by atoms with Crippen molar-refractivity contribution in [2.24, 2.45) is 5.92 Å². The van der Waals surface area contributed by atoms with Gasteiger partial charge in [-0.25, -0.2) is 9.37 Å². The fourth-order valence-electron chi connectivity index (χ4n) is 3.21. The maximum Gasteiger partial charge on any atom is 0.226 e. The number of halogens is 1. The summed E-state index contributed by atoms with van der Waals surface area (Å²) in [5.41, 5.74) is 0.887. The number of imidazole rings is 1. The third-order valence-corrected chi connectivity index (χ3v) is 5.73. The molecule has 9 heteroatoms. The Morgan fingerprint density at radius 2 is 1.97 bits per heavy atom. The van der Waals surface area contributed by atoms with Crippen LogP contribution >= 0.6 is 0 Å². The van der Waals surface area contributed by atoms with Gasteiger partial charge >= 0.3 is 0 Å². The van der Waals surface area contributed by atoms with Crippen molar-refractivity contribution in [2.45, 2.75) is 65.6 Å². The van der Waals surface area contributed by atoms with Gasteiger partial charge in [-0.15, -0.1) is 0 Å². The van der Waals surface area contributed by atoms with Gasteiger partial charge in [-0.1, -0.05) is 26.7 Å². The summed E-state index contributed by atoms with van der Waals surface area (Å²) >= 11 is 0. The van der Waals surface area contributed by atoms with Crippen molar-refractivity contribution in [1.82, 2.24) is 19.5 Å². The van der Waals surface area contributed by atoms with Crippen LogP contribution in [0.5, 0.6) is 5.75 Å². The summed E-state index contributed by atoms with van der Waals surface area (Å²) in [5, 5.41) is 26.6. The lowest BCUT2D eigenvalue weighted by Gasteiger charge is -2.26.